The van der Waals surface area contributed by atoms with Gasteiger partial charge >= 0.3 is 0 Å². The van der Waals surface area contributed by atoms with Gasteiger partial charge in [0.2, 0.25) is 0 Å². The van der Waals surface area contributed by atoms with Gasteiger partial charge in [-0.25, -0.2) is 0 Å². The highest BCUT2D eigenvalue weighted by atomic mass is 16.3. The highest BCUT2D eigenvalue weighted by molar-refractivity contribution is 4.91. The second-order valence-corrected chi connectivity index (χ2v) is 4.82. The zero-order valence-corrected chi connectivity index (χ0v) is 9.63. The van der Waals surface area contributed by atoms with E-state index >= 15 is 0 Å². The van der Waals surface area contributed by atoms with E-state index in [2.05, 4.69) is 13.8 Å². The van der Waals surface area contributed by atoms with Gasteiger partial charge in [0, 0.05) is 0 Å². The Morgan fingerprint density at radius 1 is 1.50 bits per heavy atom. The Morgan fingerprint density at radius 3 is 2.71 bits per heavy atom. The van der Waals surface area contributed by atoms with Crippen LogP contribution in [-0.4, -0.2) is 17.3 Å². The van der Waals surface area contributed by atoms with Gasteiger partial charge in [0.05, 0.1) is 5.60 Å². The molecule has 0 radical (unpaired) electrons. The molecule has 0 amide bonds. The molecule has 0 spiro atoms. The molecule has 3 unspecified atom stereocenters. The van der Waals surface area contributed by atoms with Crippen molar-refractivity contribution < 1.29 is 5.11 Å². The summed E-state index contributed by atoms with van der Waals surface area (Å²) in [6, 6.07) is 0. The van der Waals surface area contributed by atoms with Gasteiger partial charge in [-0.2, -0.15) is 0 Å². The summed E-state index contributed by atoms with van der Waals surface area (Å²) in [6.07, 6.45) is 6.59. The molecule has 0 saturated heterocycles. The fourth-order valence-electron chi connectivity index (χ4n) is 2.89. The van der Waals surface area contributed by atoms with Crippen LogP contribution in [0.15, 0.2) is 0 Å². The van der Waals surface area contributed by atoms with Crippen molar-refractivity contribution in [1.82, 2.24) is 0 Å². The predicted octanol–water partition coefficient (Wildman–Crippen LogP) is 2.30. The molecule has 0 aliphatic heterocycles. The van der Waals surface area contributed by atoms with Crippen molar-refractivity contribution >= 4 is 0 Å². The first-order chi connectivity index (χ1) is 6.66. The van der Waals surface area contributed by atoms with Gasteiger partial charge in [0.15, 0.2) is 0 Å². The lowest BCUT2D eigenvalue weighted by atomic mass is 9.70. The summed E-state index contributed by atoms with van der Waals surface area (Å²) in [5.41, 5.74) is 5.27. The van der Waals surface area contributed by atoms with Crippen molar-refractivity contribution in [2.75, 3.05) is 6.54 Å². The molecule has 84 valence electrons. The summed E-state index contributed by atoms with van der Waals surface area (Å²) in [4.78, 5) is 0. The maximum absolute atomic E-state index is 10.6. The maximum atomic E-state index is 10.6. The van der Waals surface area contributed by atoms with Crippen LogP contribution in [0.5, 0.6) is 0 Å². The number of rotatable bonds is 4. The maximum Gasteiger partial charge on any atom is 0.0690 e. The number of hydrogen-bond acceptors (Lipinski definition) is 2. The second-order valence-electron chi connectivity index (χ2n) is 4.82. The lowest BCUT2D eigenvalue weighted by Gasteiger charge is -2.41. The first-order valence-electron chi connectivity index (χ1n) is 6.08. The average molecular weight is 199 g/mol. The van der Waals surface area contributed by atoms with Crippen LogP contribution in [0.4, 0.5) is 0 Å². The molecule has 1 saturated carbocycles. The second kappa shape index (κ2) is 5.13. The summed E-state index contributed by atoms with van der Waals surface area (Å²) < 4.78 is 0. The molecule has 1 rings (SSSR count). The van der Waals surface area contributed by atoms with Crippen molar-refractivity contribution in [1.29, 1.82) is 0 Å². The highest BCUT2D eigenvalue weighted by Crippen LogP contribution is 2.39. The minimum absolute atomic E-state index is 0.303. The summed E-state index contributed by atoms with van der Waals surface area (Å²) in [5.74, 6) is 1.02. The lowest BCUT2D eigenvalue weighted by molar-refractivity contribution is -0.0639. The summed E-state index contributed by atoms with van der Waals surface area (Å²) >= 11 is 0. The van der Waals surface area contributed by atoms with Crippen molar-refractivity contribution in [2.45, 2.75) is 58.0 Å². The van der Waals surface area contributed by atoms with E-state index in [1.54, 1.807) is 0 Å². The van der Waals surface area contributed by atoms with E-state index in [-0.39, 0.29) is 0 Å². The third-order valence-electron chi connectivity index (χ3n) is 3.98. The van der Waals surface area contributed by atoms with E-state index in [0.29, 0.717) is 18.4 Å². The monoisotopic (exact) mass is 199 g/mol. The number of hydrogen-bond donors (Lipinski definition) is 2. The van der Waals surface area contributed by atoms with Crippen LogP contribution in [0, 0.1) is 11.8 Å². The summed E-state index contributed by atoms with van der Waals surface area (Å²) in [6.45, 7) is 4.98. The van der Waals surface area contributed by atoms with Crippen molar-refractivity contribution in [2.24, 2.45) is 17.6 Å². The SMILES string of the molecule is CCC1CCCC(O)(C(CC)CN)C1. The van der Waals surface area contributed by atoms with Crippen LogP contribution >= 0.6 is 0 Å². The van der Waals surface area contributed by atoms with E-state index in [9.17, 15) is 5.11 Å². The van der Waals surface area contributed by atoms with Crippen LogP contribution < -0.4 is 5.73 Å². The molecular formula is C12H25NO. The molecule has 2 heteroatoms. The van der Waals surface area contributed by atoms with Crippen LogP contribution in [0.1, 0.15) is 52.4 Å². The Bertz CT molecular complexity index is 168. The molecule has 2 nitrogen and oxygen atoms in total. The first kappa shape index (κ1) is 12.0. The Morgan fingerprint density at radius 2 is 2.21 bits per heavy atom. The fraction of sp³-hybridized carbons (Fsp3) is 1.00. The third kappa shape index (κ3) is 2.48. The molecule has 14 heavy (non-hydrogen) atoms. The molecule has 1 aliphatic rings. The van der Waals surface area contributed by atoms with E-state index in [4.69, 9.17) is 5.73 Å². The topological polar surface area (TPSA) is 46.2 Å². The summed E-state index contributed by atoms with van der Waals surface area (Å²) in [7, 11) is 0. The average Bonchev–Trinajstić information content (AvgIpc) is 2.19. The van der Waals surface area contributed by atoms with Gasteiger partial charge in [-0.05, 0) is 37.6 Å². The molecule has 1 fully saturated rings. The standard InChI is InChI=1S/C12H25NO/c1-3-10-6-5-7-12(14,8-10)11(4-2)9-13/h10-11,14H,3-9,13H2,1-2H3. The van der Waals surface area contributed by atoms with Gasteiger partial charge in [0.1, 0.15) is 0 Å². The minimum atomic E-state index is -0.456. The van der Waals surface area contributed by atoms with Crippen LogP contribution in [0.2, 0.25) is 0 Å². The quantitative estimate of drug-likeness (QED) is 0.730. The van der Waals surface area contributed by atoms with Crippen LogP contribution in [0.3, 0.4) is 0 Å². The highest BCUT2D eigenvalue weighted by Gasteiger charge is 2.38. The van der Waals surface area contributed by atoms with Gasteiger partial charge in [-0.3, -0.25) is 0 Å². The van der Waals surface area contributed by atoms with Crippen molar-refractivity contribution in [3.63, 3.8) is 0 Å². The molecular weight excluding hydrogens is 174 g/mol. The molecule has 0 bridgehead atoms. The normalized spacial score (nSPS) is 35.6. The molecule has 0 aromatic heterocycles. The predicted molar refractivity (Wildman–Crippen MR) is 60.0 cm³/mol. The molecule has 0 aromatic carbocycles. The smallest absolute Gasteiger partial charge is 0.0690 e. The van der Waals surface area contributed by atoms with Gasteiger partial charge < -0.3 is 10.8 Å². The lowest BCUT2D eigenvalue weighted by Crippen LogP contribution is -2.45. The number of aliphatic hydroxyl groups is 1. The van der Waals surface area contributed by atoms with E-state index in [1.807, 2.05) is 0 Å². The largest absolute Gasteiger partial charge is 0.390 e. The van der Waals surface area contributed by atoms with Crippen LogP contribution in [0.25, 0.3) is 0 Å². The molecule has 0 aromatic rings. The van der Waals surface area contributed by atoms with E-state index < -0.39 is 5.60 Å². The Hall–Kier alpha value is -0.0800. The van der Waals surface area contributed by atoms with Crippen molar-refractivity contribution in [3.8, 4) is 0 Å². The zero-order valence-electron chi connectivity index (χ0n) is 9.63. The molecule has 3 atom stereocenters. The first-order valence-corrected chi connectivity index (χ1v) is 6.08. The Kier molecular flexibility index (Phi) is 4.39. The van der Waals surface area contributed by atoms with E-state index in [1.165, 1.54) is 19.3 Å². The van der Waals surface area contributed by atoms with E-state index in [0.717, 1.165) is 19.3 Å². The van der Waals surface area contributed by atoms with Gasteiger partial charge in [0.25, 0.3) is 0 Å². The third-order valence-corrected chi connectivity index (χ3v) is 3.98. The summed E-state index contributed by atoms with van der Waals surface area (Å²) in [5, 5.41) is 10.6. The Labute approximate surface area is 87.9 Å². The Balaban J connectivity index is 2.61. The minimum Gasteiger partial charge on any atom is -0.390 e. The van der Waals surface area contributed by atoms with Gasteiger partial charge in [-0.15, -0.1) is 0 Å². The molecule has 0 heterocycles. The fourth-order valence-corrected chi connectivity index (χ4v) is 2.89. The number of nitrogens with two attached hydrogens (primary N) is 1. The van der Waals surface area contributed by atoms with Gasteiger partial charge in [-0.1, -0.05) is 33.1 Å². The molecule has 1 aliphatic carbocycles. The zero-order chi connectivity index (χ0) is 10.6. The van der Waals surface area contributed by atoms with Crippen molar-refractivity contribution in [3.05, 3.63) is 0 Å². The van der Waals surface area contributed by atoms with Crippen LogP contribution in [-0.2, 0) is 0 Å². The molecule has 3 N–H and O–H groups in total.